The summed E-state index contributed by atoms with van der Waals surface area (Å²) < 4.78 is 0. The standard InChI is InChI=1S/C26H32N4O4/c1-6-7-19-8-10-20(11-9-19)26(5)24(33)30(25(34)29-26)15-22(32)27-14-21(31)28-23-17(3)12-16(2)13-18(23)4/h8-13H,6-7,14-15H2,1-5H3,(H,27,32)(H,28,31)(H,29,34). The predicted molar refractivity (Wildman–Crippen MR) is 130 cm³/mol. The number of amides is 5. The van der Waals surface area contributed by atoms with Gasteiger partial charge in [0.25, 0.3) is 5.91 Å². The molecule has 0 radical (unpaired) electrons. The second-order valence-electron chi connectivity index (χ2n) is 8.99. The van der Waals surface area contributed by atoms with Gasteiger partial charge in [0.15, 0.2) is 0 Å². The molecule has 8 nitrogen and oxygen atoms in total. The topological polar surface area (TPSA) is 108 Å². The van der Waals surface area contributed by atoms with Gasteiger partial charge in [-0.3, -0.25) is 19.3 Å². The molecule has 3 rings (SSSR count). The Morgan fingerprint density at radius 2 is 1.62 bits per heavy atom. The Morgan fingerprint density at radius 1 is 1.00 bits per heavy atom. The van der Waals surface area contributed by atoms with Gasteiger partial charge in [-0.15, -0.1) is 0 Å². The number of carbonyl (C=O) groups is 4. The van der Waals surface area contributed by atoms with Crippen molar-refractivity contribution in [3.63, 3.8) is 0 Å². The molecule has 5 amide bonds. The van der Waals surface area contributed by atoms with Crippen LogP contribution in [0.3, 0.4) is 0 Å². The van der Waals surface area contributed by atoms with Gasteiger partial charge in [0.2, 0.25) is 11.8 Å². The van der Waals surface area contributed by atoms with Gasteiger partial charge in [0, 0.05) is 5.69 Å². The average Bonchev–Trinajstić information content (AvgIpc) is 2.99. The molecule has 0 aliphatic carbocycles. The lowest BCUT2D eigenvalue weighted by Gasteiger charge is -2.22. The van der Waals surface area contributed by atoms with Crippen LogP contribution >= 0.6 is 0 Å². The van der Waals surface area contributed by atoms with Crippen molar-refractivity contribution >= 4 is 29.4 Å². The fourth-order valence-electron chi connectivity index (χ4n) is 4.27. The maximum Gasteiger partial charge on any atom is 0.325 e. The van der Waals surface area contributed by atoms with Crippen molar-refractivity contribution in [3.05, 3.63) is 64.2 Å². The number of imide groups is 1. The minimum absolute atomic E-state index is 0.272. The van der Waals surface area contributed by atoms with Crippen molar-refractivity contribution in [2.75, 3.05) is 18.4 Å². The van der Waals surface area contributed by atoms with E-state index in [2.05, 4.69) is 22.9 Å². The summed E-state index contributed by atoms with van der Waals surface area (Å²) >= 11 is 0. The number of aryl methyl sites for hydroxylation is 4. The van der Waals surface area contributed by atoms with Gasteiger partial charge in [-0.1, -0.05) is 55.3 Å². The molecule has 1 aliphatic rings. The first-order chi connectivity index (χ1) is 16.0. The molecule has 2 aromatic carbocycles. The monoisotopic (exact) mass is 464 g/mol. The molecule has 0 spiro atoms. The maximum absolute atomic E-state index is 13.0. The summed E-state index contributed by atoms with van der Waals surface area (Å²) in [6.45, 7) is 8.76. The van der Waals surface area contributed by atoms with Crippen molar-refractivity contribution in [1.82, 2.24) is 15.5 Å². The fraction of sp³-hybridized carbons (Fsp3) is 0.385. The Morgan fingerprint density at radius 3 is 2.21 bits per heavy atom. The number of urea groups is 1. The van der Waals surface area contributed by atoms with Crippen LogP contribution in [0, 0.1) is 20.8 Å². The van der Waals surface area contributed by atoms with Gasteiger partial charge in [0.1, 0.15) is 12.1 Å². The smallest absolute Gasteiger partial charge is 0.325 e. The largest absolute Gasteiger partial charge is 0.345 e. The molecular weight excluding hydrogens is 432 g/mol. The Labute approximate surface area is 200 Å². The van der Waals surface area contributed by atoms with E-state index in [1.807, 2.05) is 57.2 Å². The van der Waals surface area contributed by atoms with Crippen LogP contribution in [0.2, 0.25) is 0 Å². The highest BCUT2D eigenvalue weighted by Gasteiger charge is 2.49. The van der Waals surface area contributed by atoms with Crippen molar-refractivity contribution in [3.8, 4) is 0 Å². The van der Waals surface area contributed by atoms with Crippen molar-refractivity contribution in [2.45, 2.75) is 53.0 Å². The van der Waals surface area contributed by atoms with Crippen LogP contribution < -0.4 is 16.0 Å². The van der Waals surface area contributed by atoms with Crippen LogP contribution in [-0.2, 0) is 26.3 Å². The normalized spacial score (nSPS) is 17.5. The summed E-state index contributed by atoms with van der Waals surface area (Å²) in [5.74, 6) is -1.50. The Bertz CT molecular complexity index is 1100. The molecule has 1 fully saturated rings. The molecule has 0 aromatic heterocycles. The molecule has 1 atom stereocenters. The highest BCUT2D eigenvalue weighted by Crippen LogP contribution is 2.29. The van der Waals surface area contributed by atoms with E-state index in [0.29, 0.717) is 11.3 Å². The molecule has 2 aromatic rings. The van der Waals surface area contributed by atoms with E-state index < -0.39 is 35.8 Å². The minimum atomic E-state index is -1.25. The quantitative estimate of drug-likeness (QED) is 0.522. The van der Waals surface area contributed by atoms with E-state index in [4.69, 9.17) is 0 Å². The molecule has 8 heteroatoms. The average molecular weight is 465 g/mol. The number of hydrogen-bond acceptors (Lipinski definition) is 4. The Hall–Kier alpha value is -3.68. The van der Waals surface area contributed by atoms with Gasteiger partial charge < -0.3 is 16.0 Å². The van der Waals surface area contributed by atoms with Crippen molar-refractivity contribution in [1.29, 1.82) is 0 Å². The first kappa shape index (κ1) is 25.0. The Balaban J connectivity index is 1.59. The highest BCUT2D eigenvalue weighted by atomic mass is 16.2. The zero-order valence-electron chi connectivity index (χ0n) is 20.4. The van der Waals surface area contributed by atoms with E-state index in [9.17, 15) is 19.2 Å². The Kier molecular flexibility index (Phi) is 7.39. The third kappa shape index (κ3) is 5.27. The number of nitrogens with one attached hydrogen (secondary N) is 3. The van der Waals surface area contributed by atoms with Crippen molar-refractivity contribution in [2.24, 2.45) is 0 Å². The molecule has 1 unspecified atom stereocenters. The molecule has 1 saturated heterocycles. The number of nitrogens with zero attached hydrogens (tertiary/aromatic N) is 1. The summed E-state index contributed by atoms with van der Waals surface area (Å²) in [4.78, 5) is 51.2. The molecule has 3 N–H and O–H groups in total. The summed E-state index contributed by atoms with van der Waals surface area (Å²) in [5.41, 5.74) is 4.21. The number of anilines is 1. The van der Waals surface area contributed by atoms with Gasteiger partial charge >= 0.3 is 6.03 Å². The van der Waals surface area contributed by atoms with Crippen LogP contribution in [0.5, 0.6) is 0 Å². The summed E-state index contributed by atoms with van der Waals surface area (Å²) in [6.07, 6.45) is 1.94. The number of rotatable bonds is 8. The number of carbonyl (C=O) groups excluding carboxylic acids is 4. The zero-order valence-corrected chi connectivity index (χ0v) is 20.4. The molecule has 0 bridgehead atoms. The fourth-order valence-corrected chi connectivity index (χ4v) is 4.27. The molecule has 1 heterocycles. The van der Waals surface area contributed by atoms with Gasteiger partial charge in [0.05, 0.1) is 6.54 Å². The SMILES string of the molecule is CCCc1ccc(C2(C)NC(=O)N(CC(=O)NCC(=O)Nc3c(C)cc(C)cc3C)C2=O)cc1. The number of benzene rings is 2. The lowest BCUT2D eigenvalue weighted by Crippen LogP contribution is -2.44. The van der Waals surface area contributed by atoms with Gasteiger partial charge in [-0.05, 0) is 56.4 Å². The third-order valence-electron chi connectivity index (χ3n) is 6.03. The first-order valence-electron chi connectivity index (χ1n) is 11.4. The summed E-state index contributed by atoms with van der Waals surface area (Å²) in [6, 6.07) is 10.8. The van der Waals surface area contributed by atoms with Gasteiger partial charge in [-0.2, -0.15) is 0 Å². The summed E-state index contributed by atoms with van der Waals surface area (Å²) in [7, 11) is 0. The predicted octanol–water partition coefficient (Wildman–Crippen LogP) is 3.09. The molecule has 34 heavy (non-hydrogen) atoms. The second kappa shape index (κ2) is 10.1. The van der Waals surface area contributed by atoms with E-state index >= 15 is 0 Å². The van der Waals surface area contributed by atoms with Crippen molar-refractivity contribution < 1.29 is 19.2 Å². The first-order valence-corrected chi connectivity index (χ1v) is 11.4. The van der Waals surface area contributed by atoms with Crippen LogP contribution in [0.15, 0.2) is 36.4 Å². The maximum atomic E-state index is 13.0. The number of hydrogen-bond donors (Lipinski definition) is 3. The third-order valence-corrected chi connectivity index (χ3v) is 6.03. The molecular formula is C26H32N4O4. The van der Waals surface area contributed by atoms with E-state index in [0.717, 1.165) is 40.0 Å². The highest BCUT2D eigenvalue weighted by molar-refractivity contribution is 6.09. The zero-order chi connectivity index (χ0) is 25.0. The lowest BCUT2D eigenvalue weighted by atomic mass is 9.91. The van der Waals surface area contributed by atoms with Crippen LogP contribution in [-0.4, -0.2) is 41.7 Å². The minimum Gasteiger partial charge on any atom is -0.345 e. The van der Waals surface area contributed by atoms with E-state index in [1.165, 1.54) is 0 Å². The van der Waals surface area contributed by atoms with E-state index in [1.54, 1.807) is 6.92 Å². The van der Waals surface area contributed by atoms with Crippen LogP contribution in [0.1, 0.15) is 48.1 Å². The second-order valence-corrected chi connectivity index (χ2v) is 8.99. The molecule has 1 aliphatic heterocycles. The lowest BCUT2D eigenvalue weighted by molar-refractivity contribution is -0.135. The van der Waals surface area contributed by atoms with Crippen LogP contribution in [0.25, 0.3) is 0 Å². The molecule has 0 saturated carbocycles. The molecule has 180 valence electrons. The van der Waals surface area contributed by atoms with E-state index in [-0.39, 0.29) is 6.54 Å². The summed E-state index contributed by atoms with van der Waals surface area (Å²) in [5, 5.41) is 7.99. The van der Waals surface area contributed by atoms with Crippen LogP contribution in [0.4, 0.5) is 10.5 Å². The van der Waals surface area contributed by atoms with Gasteiger partial charge in [-0.25, -0.2) is 4.79 Å².